The van der Waals surface area contributed by atoms with Crippen LogP contribution in [0.4, 0.5) is 4.39 Å². The monoisotopic (exact) mass is 345 g/mol. The number of carbonyl (C=O) groups is 1. The van der Waals surface area contributed by atoms with Crippen molar-refractivity contribution in [1.29, 1.82) is 0 Å². The van der Waals surface area contributed by atoms with E-state index in [-0.39, 0.29) is 28.4 Å². The van der Waals surface area contributed by atoms with Crippen LogP contribution in [0.15, 0.2) is 6.07 Å². The molecule has 0 bridgehead atoms. The van der Waals surface area contributed by atoms with E-state index >= 15 is 0 Å². The van der Waals surface area contributed by atoms with Crippen LogP contribution in [-0.4, -0.2) is 43.3 Å². The van der Waals surface area contributed by atoms with Crippen molar-refractivity contribution in [3.63, 3.8) is 0 Å². The minimum atomic E-state index is -0.668. The molecule has 2 rings (SSSR count). The Morgan fingerprint density at radius 1 is 1.52 bits per heavy atom. The molecule has 1 aliphatic rings. The summed E-state index contributed by atoms with van der Waals surface area (Å²) in [5.41, 5.74) is 0.314. The van der Waals surface area contributed by atoms with Crippen LogP contribution in [0.25, 0.3) is 0 Å². The quantitative estimate of drug-likeness (QED) is 0.831. The van der Waals surface area contributed by atoms with Gasteiger partial charge in [0.05, 0.1) is 14.2 Å². The number of carbonyl (C=O) groups excluding carboxylic acids is 1. The molecule has 1 N–H and O–H groups in total. The van der Waals surface area contributed by atoms with E-state index < -0.39 is 5.82 Å². The highest BCUT2D eigenvalue weighted by Crippen LogP contribution is 2.36. The largest absolute Gasteiger partial charge is 0.506 e. The second kappa shape index (κ2) is 7.84. The first-order valence-electron chi connectivity index (χ1n) is 7.49. The number of nitrogens with zero attached hydrogens (tertiary/aromatic N) is 1. The molecular weight excluding hydrogens is 325 g/mol. The van der Waals surface area contributed by atoms with Crippen molar-refractivity contribution >= 4 is 17.6 Å². The fraction of sp³-hybridized carbons (Fsp3) is 0.562. The molecule has 0 amide bonds. The van der Waals surface area contributed by atoms with E-state index in [0.717, 1.165) is 19.4 Å². The highest BCUT2D eigenvalue weighted by Gasteiger charge is 2.25. The van der Waals surface area contributed by atoms with E-state index in [9.17, 15) is 14.3 Å². The van der Waals surface area contributed by atoms with Gasteiger partial charge in [-0.2, -0.15) is 0 Å². The average Bonchev–Trinajstić information content (AvgIpc) is 2.55. The van der Waals surface area contributed by atoms with Crippen LogP contribution in [0.1, 0.15) is 24.8 Å². The van der Waals surface area contributed by atoms with Crippen molar-refractivity contribution in [2.24, 2.45) is 5.92 Å². The van der Waals surface area contributed by atoms with E-state index in [0.29, 0.717) is 25.1 Å². The molecule has 0 aromatic heterocycles. The van der Waals surface area contributed by atoms with Gasteiger partial charge in [0, 0.05) is 31.1 Å². The molecule has 1 aromatic rings. The van der Waals surface area contributed by atoms with Crippen LogP contribution in [0.3, 0.4) is 0 Å². The van der Waals surface area contributed by atoms with E-state index in [4.69, 9.17) is 21.1 Å². The molecule has 1 heterocycles. The summed E-state index contributed by atoms with van der Waals surface area (Å²) in [6.07, 6.45) is 2.24. The van der Waals surface area contributed by atoms with Gasteiger partial charge in [-0.15, -0.1) is 0 Å². The summed E-state index contributed by atoms with van der Waals surface area (Å²) in [4.78, 5) is 13.5. The number of hydrogen-bond donors (Lipinski definition) is 1. The van der Waals surface area contributed by atoms with Crippen molar-refractivity contribution in [1.82, 2.24) is 4.90 Å². The highest BCUT2D eigenvalue weighted by molar-refractivity contribution is 6.32. The maximum Gasteiger partial charge on any atom is 0.305 e. The zero-order valence-corrected chi connectivity index (χ0v) is 14.0. The van der Waals surface area contributed by atoms with Crippen LogP contribution in [0.2, 0.25) is 5.02 Å². The Balaban J connectivity index is 2.12. The molecular formula is C16H21ClFNO4. The van der Waals surface area contributed by atoms with Crippen LogP contribution in [0.5, 0.6) is 11.5 Å². The molecule has 5 nitrogen and oxygen atoms in total. The van der Waals surface area contributed by atoms with Crippen molar-refractivity contribution in [3.8, 4) is 11.5 Å². The van der Waals surface area contributed by atoms with Gasteiger partial charge in [0.1, 0.15) is 16.5 Å². The molecule has 23 heavy (non-hydrogen) atoms. The van der Waals surface area contributed by atoms with Crippen molar-refractivity contribution in [3.05, 3.63) is 22.5 Å². The topological polar surface area (TPSA) is 59.0 Å². The van der Waals surface area contributed by atoms with E-state index in [1.807, 2.05) is 0 Å². The first kappa shape index (κ1) is 17.8. The number of ether oxygens (including phenoxy) is 2. The maximum absolute atomic E-state index is 14.4. The molecule has 128 valence electrons. The van der Waals surface area contributed by atoms with Crippen molar-refractivity contribution in [2.75, 3.05) is 27.3 Å². The number of aromatic hydroxyl groups is 1. The Morgan fingerprint density at radius 3 is 2.91 bits per heavy atom. The average molecular weight is 346 g/mol. The lowest BCUT2D eigenvalue weighted by Crippen LogP contribution is -2.36. The third-order valence-corrected chi connectivity index (χ3v) is 4.50. The lowest BCUT2D eigenvalue weighted by atomic mass is 9.94. The number of likely N-dealkylation sites (tertiary alicyclic amines) is 1. The number of hydrogen-bond acceptors (Lipinski definition) is 5. The predicted octanol–water partition coefficient (Wildman–Crippen LogP) is 2.97. The van der Waals surface area contributed by atoms with Crippen LogP contribution < -0.4 is 4.74 Å². The van der Waals surface area contributed by atoms with Crippen molar-refractivity contribution < 1.29 is 23.8 Å². The van der Waals surface area contributed by atoms with Gasteiger partial charge in [0.25, 0.3) is 0 Å². The molecule has 7 heteroatoms. The van der Waals surface area contributed by atoms with E-state index in [1.54, 1.807) is 0 Å². The van der Waals surface area contributed by atoms with E-state index in [2.05, 4.69) is 4.90 Å². The summed E-state index contributed by atoms with van der Waals surface area (Å²) >= 11 is 5.79. The standard InChI is InChI=1S/C16H21ClFNO4/c1-22-13-7-12(20)15(17)16(18)11(13)9-19-5-3-4-10(8-19)6-14(21)23-2/h7,10,20H,3-6,8-9H2,1-2H3. The number of phenols is 1. The summed E-state index contributed by atoms with van der Waals surface area (Å²) in [7, 11) is 2.80. The number of rotatable bonds is 5. The van der Waals surface area contributed by atoms with Gasteiger partial charge in [0.2, 0.25) is 0 Å². The number of piperidine rings is 1. The number of benzene rings is 1. The zero-order valence-electron chi connectivity index (χ0n) is 13.3. The minimum absolute atomic E-state index is 0.192. The molecule has 1 saturated heterocycles. The van der Waals surface area contributed by atoms with Crippen molar-refractivity contribution in [2.45, 2.75) is 25.8 Å². The lowest BCUT2D eigenvalue weighted by Gasteiger charge is -2.32. The Bertz CT molecular complexity index is 582. The molecule has 0 spiro atoms. The Kier molecular flexibility index (Phi) is 6.07. The Labute approximate surface area is 139 Å². The number of esters is 1. The smallest absolute Gasteiger partial charge is 0.305 e. The van der Waals surface area contributed by atoms with Gasteiger partial charge in [-0.1, -0.05) is 11.6 Å². The fourth-order valence-electron chi connectivity index (χ4n) is 2.96. The van der Waals surface area contributed by atoms with Crippen LogP contribution >= 0.6 is 11.6 Å². The molecule has 1 aliphatic heterocycles. The SMILES string of the molecule is COC(=O)CC1CCCN(Cc2c(OC)cc(O)c(Cl)c2F)C1. The molecule has 1 unspecified atom stereocenters. The fourth-order valence-corrected chi connectivity index (χ4v) is 3.13. The second-order valence-corrected chi connectivity index (χ2v) is 6.11. The summed E-state index contributed by atoms with van der Waals surface area (Å²) in [5, 5.41) is 9.29. The van der Waals surface area contributed by atoms with Gasteiger partial charge in [-0.3, -0.25) is 9.69 Å². The summed E-state index contributed by atoms with van der Waals surface area (Å²) in [6, 6.07) is 1.32. The van der Waals surface area contributed by atoms with Crippen LogP contribution in [0, 0.1) is 11.7 Å². The number of phenolic OH excluding ortho intramolecular Hbond substituents is 1. The Morgan fingerprint density at radius 2 is 2.26 bits per heavy atom. The third-order valence-electron chi connectivity index (χ3n) is 4.14. The summed E-state index contributed by atoms with van der Waals surface area (Å²) in [6.45, 7) is 1.79. The summed E-state index contributed by atoms with van der Waals surface area (Å²) < 4.78 is 24.2. The molecule has 0 aliphatic carbocycles. The number of methoxy groups -OCH3 is 2. The zero-order chi connectivity index (χ0) is 17.0. The second-order valence-electron chi connectivity index (χ2n) is 5.73. The minimum Gasteiger partial charge on any atom is -0.506 e. The first-order chi connectivity index (χ1) is 11.0. The maximum atomic E-state index is 14.4. The highest BCUT2D eigenvalue weighted by atomic mass is 35.5. The number of halogens is 2. The molecule has 1 atom stereocenters. The van der Waals surface area contributed by atoms with Gasteiger partial charge in [-0.05, 0) is 25.3 Å². The first-order valence-corrected chi connectivity index (χ1v) is 7.87. The molecule has 0 saturated carbocycles. The van der Waals surface area contributed by atoms with E-state index in [1.165, 1.54) is 20.3 Å². The van der Waals surface area contributed by atoms with Gasteiger partial charge in [0.15, 0.2) is 5.82 Å². The predicted molar refractivity (Wildman–Crippen MR) is 84.3 cm³/mol. The molecule has 1 aromatic carbocycles. The summed E-state index contributed by atoms with van der Waals surface area (Å²) in [5.74, 6) is -0.781. The van der Waals surface area contributed by atoms with Crippen LogP contribution in [-0.2, 0) is 16.1 Å². The van der Waals surface area contributed by atoms with Gasteiger partial charge in [-0.25, -0.2) is 4.39 Å². The van der Waals surface area contributed by atoms with Gasteiger partial charge >= 0.3 is 5.97 Å². The molecule has 1 fully saturated rings. The lowest BCUT2D eigenvalue weighted by molar-refractivity contribution is -0.142. The normalized spacial score (nSPS) is 18.7. The van der Waals surface area contributed by atoms with Gasteiger partial charge < -0.3 is 14.6 Å². The Hall–Kier alpha value is -1.53. The molecule has 0 radical (unpaired) electrons. The third kappa shape index (κ3) is 4.26.